The van der Waals surface area contributed by atoms with Crippen molar-refractivity contribution in [2.75, 3.05) is 20.1 Å². The summed E-state index contributed by atoms with van der Waals surface area (Å²) in [5.41, 5.74) is 5.64. The molecule has 2 heteroatoms. The zero-order valence-corrected chi connectivity index (χ0v) is 11.5. The fourth-order valence-electron chi connectivity index (χ4n) is 3.28. The number of rotatable bonds is 1. The molecule has 1 aliphatic carbocycles. The molecule has 2 aliphatic heterocycles. The van der Waals surface area contributed by atoms with Gasteiger partial charge < -0.3 is 9.32 Å². The zero-order chi connectivity index (χ0) is 12.7. The first-order valence-corrected chi connectivity index (χ1v) is 6.83. The third-order valence-corrected chi connectivity index (χ3v) is 4.50. The van der Waals surface area contributed by atoms with Crippen molar-refractivity contribution in [3.63, 3.8) is 0 Å². The molecule has 0 atom stereocenters. The molecule has 3 aliphatic rings. The van der Waals surface area contributed by atoms with Crippen LogP contribution in [0.2, 0.25) is 0 Å². The van der Waals surface area contributed by atoms with Crippen LogP contribution in [0.3, 0.4) is 0 Å². The maximum Gasteiger partial charge on any atom is 0.137 e. The molecule has 0 aromatic heterocycles. The van der Waals surface area contributed by atoms with Crippen molar-refractivity contribution in [2.24, 2.45) is 0 Å². The highest BCUT2D eigenvalue weighted by Crippen LogP contribution is 2.43. The first kappa shape index (κ1) is 11.8. The minimum absolute atomic E-state index is 0.704. The highest BCUT2D eigenvalue weighted by Gasteiger charge is 2.27. The first-order chi connectivity index (χ1) is 8.68. The largest absolute Gasteiger partial charge is 0.464 e. The highest BCUT2D eigenvalue weighted by atomic mass is 16.3. The molecule has 0 bridgehead atoms. The molecule has 18 heavy (non-hydrogen) atoms. The maximum absolute atomic E-state index is 5.71. The number of nitrogens with zero attached hydrogens (tertiary/aromatic N) is 1. The van der Waals surface area contributed by atoms with Gasteiger partial charge in [-0.05, 0) is 81.6 Å². The number of fused-ring (bicyclic) bond motifs is 1. The summed E-state index contributed by atoms with van der Waals surface area (Å²) in [5.74, 6) is 1.79. The van der Waals surface area contributed by atoms with Gasteiger partial charge in [0.05, 0.1) is 6.26 Å². The Labute approximate surface area is 109 Å². The molecule has 0 unspecified atom stereocenters. The van der Waals surface area contributed by atoms with Gasteiger partial charge in [0.15, 0.2) is 0 Å². The second kappa shape index (κ2) is 4.43. The smallest absolute Gasteiger partial charge is 0.137 e. The van der Waals surface area contributed by atoms with Crippen LogP contribution in [0.5, 0.6) is 0 Å². The molecule has 2 heterocycles. The highest BCUT2D eigenvalue weighted by molar-refractivity contribution is 5.73. The Morgan fingerprint density at radius 2 is 1.89 bits per heavy atom. The second-order valence-corrected chi connectivity index (χ2v) is 5.60. The van der Waals surface area contributed by atoms with Crippen LogP contribution in [0, 0.1) is 13.8 Å². The lowest BCUT2D eigenvalue weighted by atomic mass is 9.87. The summed E-state index contributed by atoms with van der Waals surface area (Å²) in [6.07, 6.45) is 4.32. The zero-order valence-electron chi connectivity index (χ0n) is 11.5. The number of hydrogen-bond donors (Lipinski definition) is 0. The van der Waals surface area contributed by atoms with Crippen LogP contribution < -0.4 is 0 Å². The number of likely N-dealkylation sites (tertiary alicyclic amines) is 1. The van der Waals surface area contributed by atoms with Gasteiger partial charge in [0.25, 0.3) is 0 Å². The Hall–Kier alpha value is -1.28. The van der Waals surface area contributed by atoms with E-state index < -0.39 is 0 Å². The molecule has 0 radical (unpaired) electrons. The van der Waals surface area contributed by atoms with Crippen LogP contribution in [-0.4, -0.2) is 25.0 Å². The Kier molecular flexibility index (Phi) is 2.90. The quantitative estimate of drug-likeness (QED) is 0.757. The fraction of sp³-hybridized carbons (Fsp3) is 0.500. The summed E-state index contributed by atoms with van der Waals surface area (Å²) in [7, 11) is 2.22. The van der Waals surface area contributed by atoms with Crippen LogP contribution in [-0.2, 0) is 0 Å². The molecule has 1 saturated heterocycles. The lowest BCUT2D eigenvalue weighted by Crippen LogP contribution is -2.29. The van der Waals surface area contributed by atoms with Crippen molar-refractivity contribution in [3.8, 4) is 11.3 Å². The molecule has 96 valence electrons. The van der Waals surface area contributed by atoms with Gasteiger partial charge in [0.2, 0.25) is 0 Å². The van der Waals surface area contributed by atoms with Gasteiger partial charge in [-0.2, -0.15) is 0 Å². The van der Waals surface area contributed by atoms with E-state index in [1.54, 1.807) is 11.8 Å². The van der Waals surface area contributed by atoms with Crippen molar-refractivity contribution in [3.05, 3.63) is 35.1 Å². The molecule has 0 amide bonds. The van der Waals surface area contributed by atoms with Crippen LogP contribution in [0.1, 0.15) is 35.4 Å². The normalized spacial score (nSPS) is 18.6. The van der Waals surface area contributed by atoms with Gasteiger partial charge in [-0.1, -0.05) is 0 Å². The molecule has 0 saturated carbocycles. The van der Waals surface area contributed by atoms with Crippen LogP contribution in [0.4, 0.5) is 0 Å². The molecule has 0 spiro atoms. The average molecular weight is 243 g/mol. The van der Waals surface area contributed by atoms with Gasteiger partial charge in [0, 0.05) is 5.56 Å². The number of piperidine rings is 1. The summed E-state index contributed by atoms with van der Waals surface area (Å²) >= 11 is 0. The van der Waals surface area contributed by atoms with Crippen LogP contribution in [0.25, 0.3) is 11.3 Å². The average Bonchev–Trinajstić information content (AvgIpc) is 2.64. The van der Waals surface area contributed by atoms with E-state index >= 15 is 0 Å². The predicted molar refractivity (Wildman–Crippen MR) is 74.3 cm³/mol. The lowest BCUT2D eigenvalue weighted by molar-refractivity contribution is 0.255. The summed E-state index contributed by atoms with van der Waals surface area (Å²) in [6.45, 7) is 6.84. The minimum Gasteiger partial charge on any atom is -0.464 e. The first-order valence-electron chi connectivity index (χ1n) is 6.83. The van der Waals surface area contributed by atoms with E-state index in [0.717, 1.165) is 5.76 Å². The van der Waals surface area contributed by atoms with Gasteiger partial charge in [-0.15, -0.1) is 0 Å². The van der Waals surface area contributed by atoms with E-state index in [1.165, 1.54) is 42.6 Å². The third-order valence-electron chi connectivity index (χ3n) is 4.50. The molecule has 0 N–H and O–H groups in total. The summed E-state index contributed by atoms with van der Waals surface area (Å²) < 4.78 is 5.71. The van der Waals surface area contributed by atoms with Gasteiger partial charge in [-0.25, -0.2) is 0 Å². The Balaban J connectivity index is 2.04. The molecule has 2 nitrogen and oxygen atoms in total. The van der Waals surface area contributed by atoms with Gasteiger partial charge >= 0.3 is 0 Å². The van der Waals surface area contributed by atoms with E-state index in [4.69, 9.17) is 4.42 Å². The number of hydrogen-bond acceptors (Lipinski definition) is 2. The summed E-state index contributed by atoms with van der Waals surface area (Å²) in [5, 5.41) is 0. The summed E-state index contributed by atoms with van der Waals surface area (Å²) in [6, 6.07) is 4.23. The van der Waals surface area contributed by atoms with Gasteiger partial charge in [-0.3, -0.25) is 0 Å². The lowest BCUT2D eigenvalue weighted by Gasteiger charge is -2.29. The molecule has 3 rings (SSSR count). The minimum atomic E-state index is 0.704. The van der Waals surface area contributed by atoms with Crippen molar-refractivity contribution >= 4 is 0 Å². The van der Waals surface area contributed by atoms with Crippen molar-refractivity contribution in [1.82, 2.24) is 4.90 Å². The molecular weight excluding hydrogens is 222 g/mol. The maximum atomic E-state index is 5.71. The SMILES string of the molecule is Cc1c2occcc-2c(C2CCN(C)CC2)c1C. The predicted octanol–water partition coefficient (Wildman–Crippen LogP) is 3.81. The monoisotopic (exact) mass is 243 g/mol. The summed E-state index contributed by atoms with van der Waals surface area (Å²) in [4.78, 5) is 2.42. The third kappa shape index (κ3) is 1.76. The topological polar surface area (TPSA) is 16.4 Å². The van der Waals surface area contributed by atoms with Crippen molar-refractivity contribution in [2.45, 2.75) is 32.6 Å². The van der Waals surface area contributed by atoms with Crippen molar-refractivity contribution < 1.29 is 4.42 Å². The Bertz CT molecular complexity index is 520. The molecular formula is C16H21NO. The van der Waals surface area contributed by atoms with Crippen molar-refractivity contribution in [1.29, 1.82) is 0 Å². The fourth-order valence-corrected chi connectivity index (χ4v) is 3.28. The van der Waals surface area contributed by atoms with E-state index in [2.05, 4.69) is 31.9 Å². The Morgan fingerprint density at radius 3 is 2.61 bits per heavy atom. The van der Waals surface area contributed by atoms with E-state index in [1.807, 2.05) is 6.07 Å². The molecule has 1 fully saturated rings. The Morgan fingerprint density at radius 1 is 1.17 bits per heavy atom. The van der Waals surface area contributed by atoms with E-state index in [-0.39, 0.29) is 0 Å². The van der Waals surface area contributed by atoms with Crippen LogP contribution in [0.15, 0.2) is 22.8 Å². The van der Waals surface area contributed by atoms with E-state index in [9.17, 15) is 0 Å². The molecule has 0 aromatic rings. The van der Waals surface area contributed by atoms with Gasteiger partial charge in [0.1, 0.15) is 5.76 Å². The van der Waals surface area contributed by atoms with E-state index in [0.29, 0.717) is 5.92 Å². The standard InChI is InChI=1S/C16H21NO/c1-11-12(2)16-14(5-4-10-18-16)15(11)13-6-8-17(3)9-7-13/h4-5,10,13H,6-9H2,1-3H3. The second-order valence-electron chi connectivity index (χ2n) is 5.60. The van der Waals surface area contributed by atoms with Crippen LogP contribution >= 0.6 is 0 Å². The molecule has 0 aromatic carbocycles.